The van der Waals surface area contributed by atoms with Crippen molar-refractivity contribution in [2.75, 3.05) is 12.3 Å². The van der Waals surface area contributed by atoms with Crippen LogP contribution in [0.3, 0.4) is 0 Å². The van der Waals surface area contributed by atoms with E-state index in [4.69, 9.17) is 5.73 Å². The zero-order valence-electron chi connectivity index (χ0n) is 12.6. The summed E-state index contributed by atoms with van der Waals surface area (Å²) in [6, 6.07) is 2.84. The number of hydrogen-bond acceptors (Lipinski definition) is 3. The summed E-state index contributed by atoms with van der Waals surface area (Å²) in [5.74, 6) is -0.636. The SMILES string of the molecule is Cc1cc(N)cc(C(=O)NC2(CO)CCCC(C)C2)c1F. The van der Waals surface area contributed by atoms with E-state index in [1.54, 1.807) is 6.92 Å². The molecule has 1 aliphatic carbocycles. The minimum absolute atomic E-state index is 0.0569. The van der Waals surface area contributed by atoms with Gasteiger partial charge in [-0.3, -0.25) is 4.79 Å². The van der Waals surface area contributed by atoms with Gasteiger partial charge < -0.3 is 16.2 Å². The molecule has 1 aromatic rings. The number of nitrogen functional groups attached to an aromatic ring is 1. The number of carbonyl (C=O) groups excluding carboxylic acids is 1. The molecule has 0 saturated heterocycles. The van der Waals surface area contributed by atoms with Crippen molar-refractivity contribution in [3.63, 3.8) is 0 Å². The Morgan fingerprint density at radius 2 is 2.29 bits per heavy atom. The average molecular weight is 294 g/mol. The number of nitrogens with two attached hydrogens (primary N) is 1. The molecule has 2 atom stereocenters. The largest absolute Gasteiger partial charge is 0.399 e. The first-order valence-electron chi connectivity index (χ1n) is 7.36. The summed E-state index contributed by atoms with van der Waals surface area (Å²) in [4.78, 5) is 12.4. The van der Waals surface area contributed by atoms with E-state index in [0.29, 0.717) is 30.0 Å². The number of aliphatic hydroxyl groups is 1. The Morgan fingerprint density at radius 3 is 2.90 bits per heavy atom. The number of aliphatic hydroxyl groups excluding tert-OH is 1. The monoisotopic (exact) mass is 294 g/mol. The molecule has 1 amide bonds. The van der Waals surface area contributed by atoms with Crippen LogP contribution < -0.4 is 11.1 Å². The lowest BCUT2D eigenvalue weighted by Crippen LogP contribution is -2.54. The highest BCUT2D eigenvalue weighted by Crippen LogP contribution is 2.32. The fourth-order valence-corrected chi connectivity index (χ4v) is 3.23. The molecule has 0 aliphatic heterocycles. The van der Waals surface area contributed by atoms with Crippen LogP contribution in [0.5, 0.6) is 0 Å². The summed E-state index contributed by atoms with van der Waals surface area (Å²) in [6.45, 7) is 3.54. The number of nitrogens with one attached hydrogen (secondary N) is 1. The number of rotatable bonds is 3. The highest BCUT2D eigenvalue weighted by molar-refractivity contribution is 5.96. The average Bonchev–Trinajstić information content (AvgIpc) is 2.42. The van der Waals surface area contributed by atoms with Gasteiger partial charge in [-0.05, 0) is 43.4 Å². The van der Waals surface area contributed by atoms with Crippen molar-refractivity contribution in [1.82, 2.24) is 5.32 Å². The van der Waals surface area contributed by atoms with Gasteiger partial charge in [0.05, 0.1) is 17.7 Å². The minimum atomic E-state index is -0.653. The standard InChI is InChI=1S/C16H23FN2O2/c1-10-4-3-5-16(8-10,9-20)19-15(21)13-7-12(18)6-11(2)14(13)17/h6-7,10,20H,3-5,8-9,18H2,1-2H3,(H,19,21). The molecular formula is C16H23FN2O2. The zero-order valence-corrected chi connectivity index (χ0v) is 12.6. The molecule has 0 heterocycles. The first-order valence-corrected chi connectivity index (χ1v) is 7.36. The lowest BCUT2D eigenvalue weighted by Gasteiger charge is -2.39. The van der Waals surface area contributed by atoms with Crippen molar-refractivity contribution in [3.8, 4) is 0 Å². The molecule has 1 aliphatic rings. The summed E-state index contributed by atoms with van der Waals surface area (Å²) < 4.78 is 14.1. The van der Waals surface area contributed by atoms with Crippen molar-refractivity contribution in [2.24, 2.45) is 5.92 Å². The van der Waals surface area contributed by atoms with Gasteiger partial charge in [0.2, 0.25) is 0 Å². The highest BCUT2D eigenvalue weighted by Gasteiger charge is 2.36. The van der Waals surface area contributed by atoms with Gasteiger partial charge >= 0.3 is 0 Å². The predicted molar refractivity (Wildman–Crippen MR) is 80.5 cm³/mol. The Kier molecular flexibility index (Phi) is 4.52. The van der Waals surface area contributed by atoms with Crippen molar-refractivity contribution in [2.45, 2.75) is 45.1 Å². The Hall–Kier alpha value is -1.62. The summed E-state index contributed by atoms with van der Waals surface area (Å²) >= 11 is 0. The van der Waals surface area contributed by atoms with E-state index in [1.165, 1.54) is 12.1 Å². The third-order valence-electron chi connectivity index (χ3n) is 4.29. The van der Waals surface area contributed by atoms with Crippen LogP contribution in [0.25, 0.3) is 0 Å². The van der Waals surface area contributed by atoms with E-state index < -0.39 is 17.3 Å². The molecule has 5 heteroatoms. The molecule has 0 aromatic heterocycles. The van der Waals surface area contributed by atoms with E-state index in [2.05, 4.69) is 12.2 Å². The molecule has 4 nitrogen and oxygen atoms in total. The van der Waals surface area contributed by atoms with Crippen LogP contribution in [0.2, 0.25) is 0 Å². The number of benzene rings is 1. The van der Waals surface area contributed by atoms with Crippen LogP contribution >= 0.6 is 0 Å². The van der Waals surface area contributed by atoms with Gasteiger partial charge in [-0.25, -0.2) is 4.39 Å². The molecule has 1 aromatic carbocycles. The number of hydrogen-bond donors (Lipinski definition) is 3. The normalized spacial score (nSPS) is 25.6. The first kappa shape index (κ1) is 15.8. The zero-order chi connectivity index (χ0) is 15.6. The van der Waals surface area contributed by atoms with Gasteiger partial charge in [-0.2, -0.15) is 0 Å². The molecule has 116 valence electrons. The third-order valence-corrected chi connectivity index (χ3v) is 4.29. The Labute approximate surface area is 124 Å². The number of amides is 1. The first-order chi connectivity index (χ1) is 9.87. The second-order valence-electron chi connectivity index (χ2n) is 6.29. The molecule has 1 fully saturated rings. The van der Waals surface area contributed by atoms with Crippen LogP contribution in [0.4, 0.5) is 10.1 Å². The van der Waals surface area contributed by atoms with Gasteiger partial charge in [0.15, 0.2) is 0 Å². The number of carbonyl (C=O) groups is 1. The second-order valence-corrected chi connectivity index (χ2v) is 6.29. The third kappa shape index (κ3) is 3.35. The highest BCUT2D eigenvalue weighted by atomic mass is 19.1. The molecule has 1 saturated carbocycles. The Balaban J connectivity index is 2.24. The quantitative estimate of drug-likeness (QED) is 0.749. The lowest BCUT2D eigenvalue weighted by molar-refractivity contribution is 0.0693. The molecule has 0 bridgehead atoms. The van der Waals surface area contributed by atoms with Crippen LogP contribution in [-0.4, -0.2) is 23.2 Å². The topological polar surface area (TPSA) is 75.4 Å². The maximum Gasteiger partial charge on any atom is 0.254 e. The summed E-state index contributed by atoms with van der Waals surface area (Å²) in [6.07, 6.45) is 3.45. The molecular weight excluding hydrogens is 271 g/mol. The lowest BCUT2D eigenvalue weighted by atomic mass is 9.76. The van der Waals surface area contributed by atoms with Gasteiger partial charge in [-0.15, -0.1) is 0 Å². The van der Waals surface area contributed by atoms with Gasteiger partial charge in [-0.1, -0.05) is 19.8 Å². The van der Waals surface area contributed by atoms with Crippen LogP contribution in [-0.2, 0) is 0 Å². The van der Waals surface area contributed by atoms with Crippen molar-refractivity contribution >= 4 is 11.6 Å². The van der Waals surface area contributed by atoms with Crippen LogP contribution in [0.15, 0.2) is 12.1 Å². The maximum absolute atomic E-state index is 14.1. The molecule has 21 heavy (non-hydrogen) atoms. The Morgan fingerprint density at radius 1 is 1.57 bits per heavy atom. The fraction of sp³-hybridized carbons (Fsp3) is 0.562. The van der Waals surface area contributed by atoms with Gasteiger partial charge in [0.25, 0.3) is 5.91 Å². The molecule has 0 radical (unpaired) electrons. The van der Waals surface area contributed by atoms with Gasteiger partial charge in [0, 0.05) is 5.69 Å². The van der Waals surface area contributed by atoms with Crippen LogP contribution in [0, 0.1) is 18.7 Å². The molecule has 0 spiro atoms. The second kappa shape index (κ2) is 6.02. The molecule has 2 unspecified atom stereocenters. The molecule has 2 rings (SSSR count). The van der Waals surface area contributed by atoms with Crippen molar-refractivity contribution in [3.05, 3.63) is 29.1 Å². The number of aryl methyl sites for hydroxylation is 1. The maximum atomic E-state index is 14.1. The Bertz CT molecular complexity index is 547. The van der Waals surface area contributed by atoms with Crippen molar-refractivity contribution in [1.29, 1.82) is 0 Å². The van der Waals surface area contributed by atoms with E-state index >= 15 is 0 Å². The fourth-order valence-electron chi connectivity index (χ4n) is 3.23. The summed E-state index contributed by atoms with van der Waals surface area (Å²) in [5.41, 5.74) is 5.68. The van der Waals surface area contributed by atoms with Gasteiger partial charge in [0.1, 0.15) is 5.82 Å². The van der Waals surface area contributed by atoms with E-state index in [9.17, 15) is 14.3 Å². The van der Waals surface area contributed by atoms with E-state index in [-0.39, 0.29) is 12.2 Å². The summed E-state index contributed by atoms with van der Waals surface area (Å²) in [7, 11) is 0. The van der Waals surface area contributed by atoms with E-state index in [1.807, 2.05) is 0 Å². The smallest absolute Gasteiger partial charge is 0.254 e. The number of halogens is 1. The van der Waals surface area contributed by atoms with Crippen molar-refractivity contribution < 1.29 is 14.3 Å². The predicted octanol–water partition coefficient (Wildman–Crippen LogP) is 2.39. The molecule has 4 N–H and O–H groups in total. The van der Waals surface area contributed by atoms with Crippen LogP contribution in [0.1, 0.15) is 48.5 Å². The minimum Gasteiger partial charge on any atom is -0.399 e. The number of anilines is 1. The van der Waals surface area contributed by atoms with E-state index in [0.717, 1.165) is 12.8 Å². The summed E-state index contributed by atoms with van der Waals surface area (Å²) in [5, 5.41) is 12.5.